The first kappa shape index (κ1) is 22.8. The number of nitriles is 1. The van der Waals surface area contributed by atoms with Gasteiger partial charge in [-0.3, -0.25) is 19.3 Å². The molecule has 1 aliphatic rings. The van der Waals surface area contributed by atoms with E-state index in [1.165, 1.54) is 6.92 Å². The van der Waals surface area contributed by atoms with Gasteiger partial charge in [0, 0.05) is 12.5 Å². The second-order valence-electron chi connectivity index (χ2n) is 6.39. The first-order valence-electron chi connectivity index (χ1n) is 9.52. The fraction of sp³-hybridized carbons (Fsp3) is 0.364. The van der Waals surface area contributed by atoms with E-state index in [1.807, 2.05) is 13.0 Å². The topological polar surface area (TPSA) is 106 Å². The number of hydrogen-bond acceptors (Lipinski definition) is 7. The largest absolute Gasteiger partial charge is 0.494 e. The van der Waals surface area contributed by atoms with Crippen molar-refractivity contribution in [3.05, 3.63) is 46.5 Å². The van der Waals surface area contributed by atoms with Gasteiger partial charge in [-0.05, 0) is 43.2 Å². The third-order valence-electron chi connectivity index (χ3n) is 4.32. The van der Waals surface area contributed by atoms with Gasteiger partial charge in [-0.15, -0.1) is 0 Å². The van der Waals surface area contributed by atoms with Crippen LogP contribution in [0.1, 0.15) is 26.3 Å². The summed E-state index contributed by atoms with van der Waals surface area (Å²) >= 11 is 0. The Bertz CT molecular complexity index is 909. The highest BCUT2D eigenvalue weighted by Gasteiger charge is 2.35. The quantitative estimate of drug-likeness (QED) is 0.265. The Labute approximate surface area is 175 Å². The molecule has 8 heteroatoms. The number of carbonyl (C=O) groups is 3. The number of ether oxygens (including phenoxy) is 3. The van der Waals surface area contributed by atoms with Crippen molar-refractivity contribution < 1.29 is 28.6 Å². The molecule has 1 aromatic rings. The molecule has 1 aliphatic heterocycles. The van der Waals surface area contributed by atoms with Crippen LogP contribution in [0.15, 0.2) is 41.0 Å². The molecule has 0 spiro atoms. The smallest absolute Gasteiger partial charge is 0.302 e. The Balaban J connectivity index is 2.16. The lowest BCUT2D eigenvalue weighted by Crippen LogP contribution is -2.44. The summed E-state index contributed by atoms with van der Waals surface area (Å²) in [6.07, 6.45) is 1.64. The van der Waals surface area contributed by atoms with E-state index in [9.17, 15) is 19.6 Å². The molecule has 1 aromatic carbocycles. The predicted molar refractivity (Wildman–Crippen MR) is 108 cm³/mol. The maximum absolute atomic E-state index is 12.9. The van der Waals surface area contributed by atoms with Crippen LogP contribution in [0.5, 0.6) is 5.75 Å². The molecule has 0 radical (unpaired) electrons. The zero-order valence-corrected chi connectivity index (χ0v) is 17.3. The number of nitrogens with zero attached hydrogens (tertiary/aromatic N) is 2. The van der Waals surface area contributed by atoms with E-state index < -0.39 is 17.8 Å². The highest BCUT2D eigenvalue weighted by atomic mass is 16.6. The Kier molecular flexibility index (Phi) is 8.32. The summed E-state index contributed by atoms with van der Waals surface area (Å²) in [4.78, 5) is 37.2. The molecule has 30 heavy (non-hydrogen) atoms. The maximum atomic E-state index is 12.9. The Morgan fingerprint density at radius 1 is 1.13 bits per heavy atom. The van der Waals surface area contributed by atoms with Crippen LogP contribution in [0, 0.1) is 11.3 Å². The van der Waals surface area contributed by atoms with E-state index in [2.05, 4.69) is 0 Å². The first-order chi connectivity index (χ1) is 14.4. The number of hydrogen-bond donors (Lipinski definition) is 0. The molecule has 0 fully saturated rings. The molecule has 0 aromatic heterocycles. The Morgan fingerprint density at radius 3 is 2.43 bits per heavy atom. The number of benzene rings is 1. The van der Waals surface area contributed by atoms with E-state index in [4.69, 9.17) is 14.2 Å². The van der Waals surface area contributed by atoms with Gasteiger partial charge in [0.25, 0.3) is 11.8 Å². The van der Waals surface area contributed by atoms with E-state index in [0.717, 1.165) is 10.5 Å². The molecule has 158 valence electrons. The normalized spacial score (nSPS) is 15.4. The molecule has 1 heterocycles. The third-order valence-corrected chi connectivity index (χ3v) is 4.32. The minimum absolute atomic E-state index is 0.0170. The van der Waals surface area contributed by atoms with Gasteiger partial charge < -0.3 is 14.2 Å². The fourth-order valence-corrected chi connectivity index (χ4v) is 2.83. The van der Waals surface area contributed by atoms with Crippen LogP contribution >= 0.6 is 0 Å². The van der Waals surface area contributed by atoms with Crippen molar-refractivity contribution in [1.29, 1.82) is 5.26 Å². The number of amides is 2. The summed E-state index contributed by atoms with van der Waals surface area (Å²) in [5.74, 6) is -0.841. The van der Waals surface area contributed by atoms with Gasteiger partial charge in [0.2, 0.25) is 0 Å². The molecule has 0 N–H and O–H groups in total. The monoisotopic (exact) mass is 412 g/mol. The second-order valence-corrected chi connectivity index (χ2v) is 6.39. The third kappa shape index (κ3) is 5.78. The number of rotatable bonds is 9. The SMILES string of the molecule is CCOc1ccc(/C=C2/C(=O)N(CCOCCOC(C)=O)C(=O)C(C#N)=C2C)cc1. The van der Waals surface area contributed by atoms with Crippen LogP contribution in [0.4, 0.5) is 0 Å². The van der Waals surface area contributed by atoms with E-state index in [1.54, 1.807) is 37.3 Å². The molecule has 2 rings (SSSR count). The van der Waals surface area contributed by atoms with Crippen molar-refractivity contribution in [2.24, 2.45) is 0 Å². The summed E-state index contributed by atoms with van der Waals surface area (Å²) in [7, 11) is 0. The van der Waals surface area contributed by atoms with Crippen molar-refractivity contribution in [2.45, 2.75) is 20.8 Å². The van der Waals surface area contributed by atoms with Crippen LogP contribution < -0.4 is 4.74 Å². The molecule has 0 unspecified atom stereocenters. The lowest BCUT2D eigenvalue weighted by Gasteiger charge is -2.27. The predicted octanol–water partition coefficient (Wildman–Crippen LogP) is 2.26. The minimum atomic E-state index is -0.646. The molecule has 2 amide bonds. The summed E-state index contributed by atoms with van der Waals surface area (Å²) < 4.78 is 15.5. The average Bonchev–Trinajstić information content (AvgIpc) is 2.71. The summed E-state index contributed by atoms with van der Waals surface area (Å²) in [5.41, 5.74) is 1.28. The van der Waals surface area contributed by atoms with E-state index in [0.29, 0.717) is 17.9 Å². The molecule has 0 saturated carbocycles. The van der Waals surface area contributed by atoms with Crippen LogP contribution in [0.2, 0.25) is 0 Å². The molecule has 0 atom stereocenters. The van der Waals surface area contributed by atoms with Crippen molar-refractivity contribution >= 4 is 23.9 Å². The van der Waals surface area contributed by atoms with Gasteiger partial charge in [0.1, 0.15) is 24.0 Å². The molecule has 8 nitrogen and oxygen atoms in total. The van der Waals surface area contributed by atoms with Crippen LogP contribution in [0.25, 0.3) is 6.08 Å². The van der Waals surface area contributed by atoms with Crippen LogP contribution in [0.3, 0.4) is 0 Å². The standard InChI is InChI=1S/C22H24N2O6/c1-4-29-18-7-5-17(6-8-18)13-19-15(2)20(14-23)22(27)24(21(19)26)9-10-28-11-12-30-16(3)25/h5-8,13H,4,9-12H2,1-3H3/b19-13+. The highest BCUT2D eigenvalue weighted by molar-refractivity contribution is 6.19. The lowest BCUT2D eigenvalue weighted by atomic mass is 9.93. The van der Waals surface area contributed by atoms with Crippen LogP contribution in [-0.4, -0.2) is 55.7 Å². The van der Waals surface area contributed by atoms with Gasteiger partial charge in [-0.25, -0.2) is 0 Å². The summed E-state index contributed by atoms with van der Waals surface area (Å²) in [6.45, 7) is 5.59. The number of imide groups is 1. The number of carbonyl (C=O) groups excluding carboxylic acids is 3. The fourth-order valence-electron chi connectivity index (χ4n) is 2.83. The first-order valence-corrected chi connectivity index (χ1v) is 9.52. The average molecular weight is 412 g/mol. The lowest BCUT2D eigenvalue weighted by molar-refractivity contribution is -0.142. The van der Waals surface area contributed by atoms with Gasteiger partial charge in [0.15, 0.2) is 0 Å². The van der Waals surface area contributed by atoms with Gasteiger partial charge >= 0.3 is 5.97 Å². The molecule has 0 bridgehead atoms. The molecular formula is C22H24N2O6. The minimum Gasteiger partial charge on any atom is -0.494 e. The highest BCUT2D eigenvalue weighted by Crippen LogP contribution is 2.27. The Morgan fingerprint density at radius 2 is 1.83 bits per heavy atom. The van der Waals surface area contributed by atoms with Gasteiger partial charge in [0.05, 0.1) is 26.4 Å². The second kappa shape index (κ2) is 10.9. The summed E-state index contributed by atoms with van der Waals surface area (Å²) in [5, 5.41) is 9.42. The van der Waals surface area contributed by atoms with Crippen molar-refractivity contribution in [3.63, 3.8) is 0 Å². The van der Waals surface area contributed by atoms with Crippen molar-refractivity contribution in [3.8, 4) is 11.8 Å². The summed E-state index contributed by atoms with van der Waals surface area (Å²) in [6, 6.07) is 9.06. The Hall–Kier alpha value is -3.44. The zero-order valence-electron chi connectivity index (χ0n) is 17.3. The van der Waals surface area contributed by atoms with Crippen molar-refractivity contribution in [2.75, 3.05) is 33.0 Å². The van der Waals surface area contributed by atoms with E-state index >= 15 is 0 Å². The molecular weight excluding hydrogens is 388 g/mol. The number of esters is 1. The van der Waals surface area contributed by atoms with Crippen molar-refractivity contribution in [1.82, 2.24) is 4.90 Å². The zero-order chi connectivity index (χ0) is 22.1. The van der Waals surface area contributed by atoms with Gasteiger partial charge in [-0.1, -0.05) is 12.1 Å². The van der Waals surface area contributed by atoms with Gasteiger partial charge in [-0.2, -0.15) is 5.26 Å². The molecule has 0 aliphatic carbocycles. The molecule has 0 saturated heterocycles. The maximum Gasteiger partial charge on any atom is 0.302 e. The van der Waals surface area contributed by atoms with Crippen LogP contribution in [-0.2, 0) is 23.9 Å². The van der Waals surface area contributed by atoms with E-state index in [-0.39, 0.29) is 37.5 Å².